The summed E-state index contributed by atoms with van der Waals surface area (Å²) in [6, 6.07) is 22.5. The summed E-state index contributed by atoms with van der Waals surface area (Å²) in [5, 5.41) is 2.95. The number of carbonyl (C=O) groups is 2. The van der Waals surface area contributed by atoms with E-state index >= 15 is 0 Å². The van der Waals surface area contributed by atoms with Gasteiger partial charge in [0.25, 0.3) is 10.0 Å². The lowest BCUT2D eigenvalue weighted by Crippen LogP contribution is -2.53. The molecular formula is C31H39N3O4S2. The van der Waals surface area contributed by atoms with Crippen molar-refractivity contribution < 1.29 is 18.0 Å². The average Bonchev–Trinajstić information content (AvgIpc) is 2.96. The summed E-state index contributed by atoms with van der Waals surface area (Å²) in [5.74, 6) is -0.722. The van der Waals surface area contributed by atoms with E-state index in [9.17, 15) is 18.0 Å². The number of benzene rings is 3. The van der Waals surface area contributed by atoms with Crippen LogP contribution < -0.4 is 9.62 Å². The first-order valence-electron chi connectivity index (χ1n) is 13.4. The Morgan fingerprint density at radius 1 is 0.925 bits per heavy atom. The second-order valence-corrected chi connectivity index (χ2v) is 12.6. The Balaban J connectivity index is 1.97. The minimum Gasteiger partial charge on any atom is -0.352 e. The van der Waals surface area contributed by atoms with Crippen LogP contribution in [-0.4, -0.2) is 56.6 Å². The lowest BCUT2D eigenvalue weighted by Gasteiger charge is -2.32. The maximum atomic E-state index is 13.9. The van der Waals surface area contributed by atoms with Crippen molar-refractivity contribution in [2.75, 3.05) is 23.7 Å². The van der Waals surface area contributed by atoms with E-state index in [4.69, 9.17) is 0 Å². The van der Waals surface area contributed by atoms with Gasteiger partial charge in [-0.3, -0.25) is 13.9 Å². The third-order valence-corrected chi connectivity index (χ3v) is 9.43. The maximum Gasteiger partial charge on any atom is 0.264 e. The lowest BCUT2D eigenvalue weighted by atomic mass is 10.1. The number of carbonyl (C=O) groups excluding carboxylic acids is 2. The molecule has 214 valence electrons. The van der Waals surface area contributed by atoms with Crippen LogP contribution in [0.15, 0.2) is 88.7 Å². The molecule has 3 aromatic rings. The molecule has 0 saturated carbocycles. The molecule has 7 nitrogen and oxygen atoms in total. The molecule has 40 heavy (non-hydrogen) atoms. The van der Waals surface area contributed by atoms with Crippen molar-refractivity contribution >= 4 is 39.3 Å². The Kier molecular flexibility index (Phi) is 11.2. The summed E-state index contributed by atoms with van der Waals surface area (Å²) in [5.41, 5.74) is 2.37. The highest BCUT2D eigenvalue weighted by Crippen LogP contribution is 2.26. The molecule has 3 aromatic carbocycles. The van der Waals surface area contributed by atoms with E-state index in [2.05, 4.69) is 5.32 Å². The predicted molar refractivity (Wildman–Crippen MR) is 163 cm³/mol. The van der Waals surface area contributed by atoms with Crippen molar-refractivity contribution in [2.24, 2.45) is 0 Å². The molecule has 0 fully saturated rings. The van der Waals surface area contributed by atoms with Crippen molar-refractivity contribution in [3.8, 4) is 0 Å². The molecule has 0 unspecified atom stereocenters. The summed E-state index contributed by atoms with van der Waals surface area (Å²) in [7, 11) is -4.08. The van der Waals surface area contributed by atoms with Gasteiger partial charge in [0, 0.05) is 17.5 Å². The van der Waals surface area contributed by atoms with Crippen LogP contribution in [0.1, 0.15) is 38.3 Å². The fourth-order valence-corrected chi connectivity index (χ4v) is 5.97. The van der Waals surface area contributed by atoms with Gasteiger partial charge in [-0.1, -0.05) is 55.0 Å². The van der Waals surface area contributed by atoms with Gasteiger partial charge in [0.2, 0.25) is 11.8 Å². The second-order valence-electron chi connectivity index (χ2n) is 9.84. The fourth-order valence-electron chi connectivity index (χ4n) is 4.15. The largest absolute Gasteiger partial charge is 0.352 e. The standard InChI is InChI=1S/C31H39N3O4S2/c1-6-24(3)32-31(36)25(4)33(21-20-26-10-8-7-9-11-26)30(35)22-34(27-14-12-23(2)13-15-27)40(37,38)29-18-16-28(39-5)17-19-29/h7-19,24-25H,6,20-22H2,1-5H3,(H,32,36)/t24-,25-/m0/s1. The third-order valence-electron chi connectivity index (χ3n) is 6.90. The fraction of sp³-hybridized carbons (Fsp3) is 0.355. The monoisotopic (exact) mass is 581 g/mol. The quantitative estimate of drug-likeness (QED) is 0.277. The van der Waals surface area contributed by atoms with E-state index in [0.29, 0.717) is 12.1 Å². The van der Waals surface area contributed by atoms with Gasteiger partial charge in [0.1, 0.15) is 12.6 Å². The number of nitrogens with zero attached hydrogens (tertiary/aromatic N) is 2. The molecule has 0 aliphatic heterocycles. The van der Waals surface area contributed by atoms with Crippen molar-refractivity contribution in [2.45, 2.75) is 62.4 Å². The van der Waals surface area contributed by atoms with Gasteiger partial charge in [-0.15, -0.1) is 11.8 Å². The topological polar surface area (TPSA) is 86.8 Å². The molecule has 0 aliphatic carbocycles. The number of hydrogen-bond acceptors (Lipinski definition) is 5. The summed E-state index contributed by atoms with van der Waals surface area (Å²) in [6.45, 7) is 7.32. The zero-order valence-electron chi connectivity index (χ0n) is 23.8. The molecule has 1 N–H and O–H groups in total. The van der Waals surface area contributed by atoms with Crippen LogP contribution in [0.2, 0.25) is 0 Å². The van der Waals surface area contributed by atoms with Gasteiger partial charge < -0.3 is 10.2 Å². The van der Waals surface area contributed by atoms with E-state index in [-0.39, 0.29) is 23.4 Å². The van der Waals surface area contributed by atoms with E-state index < -0.39 is 28.5 Å². The molecule has 0 aliphatic rings. The summed E-state index contributed by atoms with van der Waals surface area (Å²) < 4.78 is 29.0. The van der Waals surface area contributed by atoms with Crippen LogP contribution in [0.4, 0.5) is 5.69 Å². The molecule has 0 spiro atoms. The minimum absolute atomic E-state index is 0.0466. The number of aryl methyl sites for hydroxylation is 1. The van der Waals surface area contributed by atoms with Gasteiger partial charge in [0.15, 0.2) is 0 Å². The number of amides is 2. The molecule has 2 amide bonds. The number of anilines is 1. The summed E-state index contributed by atoms with van der Waals surface area (Å²) in [6.07, 6.45) is 3.20. The van der Waals surface area contributed by atoms with Gasteiger partial charge >= 0.3 is 0 Å². The Labute approximate surface area is 243 Å². The molecule has 9 heteroatoms. The lowest BCUT2D eigenvalue weighted by molar-refractivity contribution is -0.139. The predicted octanol–water partition coefficient (Wildman–Crippen LogP) is 5.29. The van der Waals surface area contributed by atoms with Gasteiger partial charge in [-0.05, 0) is 81.8 Å². The molecule has 2 atom stereocenters. The normalized spacial score (nSPS) is 12.8. The number of hydrogen-bond donors (Lipinski definition) is 1. The average molecular weight is 582 g/mol. The first kappa shape index (κ1) is 31.2. The molecule has 0 saturated heterocycles. The molecule has 0 bridgehead atoms. The maximum absolute atomic E-state index is 13.9. The van der Waals surface area contributed by atoms with Crippen LogP contribution in [0.5, 0.6) is 0 Å². The molecular weight excluding hydrogens is 542 g/mol. The molecule has 3 rings (SSSR count). The van der Waals surface area contributed by atoms with E-state index in [0.717, 1.165) is 26.7 Å². The molecule has 0 aromatic heterocycles. The van der Waals surface area contributed by atoms with Gasteiger partial charge in [0.05, 0.1) is 10.6 Å². The highest BCUT2D eigenvalue weighted by Gasteiger charge is 2.32. The van der Waals surface area contributed by atoms with Crippen molar-refractivity contribution in [3.63, 3.8) is 0 Å². The molecule has 0 heterocycles. The van der Waals surface area contributed by atoms with Crippen molar-refractivity contribution in [3.05, 3.63) is 90.0 Å². The van der Waals surface area contributed by atoms with Crippen molar-refractivity contribution in [1.82, 2.24) is 10.2 Å². The minimum atomic E-state index is -4.08. The Bertz CT molecular complexity index is 1360. The van der Waals surface area contributed by atoms with Gasteiger partial charge in [-0.25, -0.2) is 8.42 Å². The summed E-state index contributed by atoms with van der Waals surface area (Å²) in [4.78, 5) is 29.5. The molecule has 0 radical (unpaired) electrons. The van der Waals surface area contributed by atoms with E-state index in [1.807, 2.05) is 69.5 Å². The van der Waals surface area contributed by atoms with E-state index in [1.165, 1.54) is 16.7 Å². The Morgan fingerprint density at radius 3 is 2.12 bits per heavy atom. The number of sulfonamides is 1. The first-order chi connectivity index (χ1) is 19.1. The second kappa shape index (κ2) is 14.4. The summed E-state index contributed by atoms with van der Waals surface area (Å²) >= 11 is 1.52. The van der Waals surface area contributed by atoms with Crippen LogP contribution >= 0.6 is 11.8 Å². The first-order valence-corrected chi connectivity index (χ1v) is 16.1. The number of thioether (sulfide) groups is 1. The Morgan fingerprint density at radius 2 is 1.55 bits per heavy atom. The van der Waals surface area contributed by atoms with Crippen LogP contribution in [0.3, 0.4) is 0 Å². The van der Waals surface area contributed by atoms with Gasteiger partial charge in [-0.2, -0.15) is 0 Å². The zero-order valence-corrected chi connectivity index (χ0v) is 25.5. The Hall–Kier alpha value is -3.30. The van der Waals surface area contributed by atoms with Crippen molar-refractivity contribution in [1.29, 1.82) is 0 Å². The number of nitrogens with one attached hydrogen (secondary N) is 1. The third kappa shape index (κ3) is 8.11. The highest BCUT2D eigenvalue weighted by atomic mass is 32.2. The highest BCUT2D eigenvalue weighted by molar-refractivity contribution is 7.98. The number of rotatable bonds is 13. The van der Waals surface area contributed by atoms with Crippen LogP contribution in [-0.2, 0) is 26.0 Å². The van der Waals surface area contributed by atoms with Crippen LogP contribution in [0, 0.1) is 6.92 Å². The SMILES string of the molecule is CC[C@H](C)NC(=O)[C@H](C)N(CCc1ccccc1)C(=O)CN(c1ccc(C)cc1)S(=O)(=O)c1ccc(SC)cc1. The zero-order chi connectivity index (χ0) is 29.3. The smallest absolute Gasteiger partial charge is 0.264 e. The van der Waals surface area contributed by atoms with E-state index in [1.54, 1.807) is 43.3 Å². The van der Waals surface area contributed by atoms with Crippen LogP contribution in [0.25, 0.3) is 0 Å².